The summed E-state index contributed by atoms with van der Waals surface area (Å²) in [7, 11) is 0. The highest BCUT2D eigenvalue weighted by molar-refractivity contribution is 7.13. The molecule has 0 radical (unpaired) electrons. The number of hydrogen-bond acceptors (Lipinski definition) is 9. The largest absolute Gasteiger partial charge is 0.489 e. The third kappa shape index (κ3) is 12.2. The summed E-state index contributed by atoms with van der Waals surface area (Å²) in [6.45, 7) is 12.5. The van der Waals surface area contributed by atoms with Gasteiger partial charge in [-0.25, -0.2) is 18.2 Å². The summed E-state index contributed by atoms with van der Waals surface area (Å²) in [4.78, 5) is 49.6. The molecular weight excluding hydrogens is 926 g/mol. The Morgan fingerprint density at radius 2 is 1.59 bits per heavy atom. The smallest absolute Gasteiger partial charge is 0.246 e. The van der Waals surface area contributed by atoms with Crippen LogP contribution in [0.2, 0.25) is 0 Å². The van der Waals surface area contributed by atoms with Crippen LogP contribution in [-0.2, 0) is 45.0 Å². The molecule has 71 heavy (non-hydrogen) atoms. The average molecular weight is 991 g/mol. The second kappa shape index (κ2) is 21.6. The minimum Gasteiger partial charge on any atom is -0.489 e. The fourth-order valence-electron chi connectivity index (χ4n) is 10.3. The van der Waals surface area contributed by atoms with Crippen LogP contribution in [0, 0.1) is 24.0 Å². The molecule has 10 nitrogen and oxygen atoms in total. The summed E-state index contributed by atoms with van der Waals surface area (Å²) < 4.78 is 59.3. The predicted octanol–water partition coefficient (Wildman–Crippen LogP) is 10.1. The number of carbonyl (C=O) groups is 3. The summed E-state index contributed by atoms with van der Waals surface area (Å²) >= 11 is 1.58. The van der Waals surface area contributed by atoms with E-state index in [2.05, 4.69) is 16.4 Å². The van der Waals surface area contributed by atoms with Crippen LogP contribution in [0.5, 0.6) is 5.75 Å². The number of aryl methyl sites for hydroxylation is 2. The van der Waals surface area contributed by atoms with E-state index in [1.54, 1.807) is 11.3 Å². The van der Waals surface area contributed by atoms with Gasteiger partial charge < -0.3 is 24.8 Å². The second-order valence-electron chi connectivity index (χ2n) is 21.1. The van der Waals surface area contributed by atoms with E-state index >= 15 is 13.2 Å². The van der Waals surface area contributed by atoms with E-state index in [-0.39, 0.29) is 68.9 Å². The van der Waals surface area contributed by atoms with Crippen molar-refractivity contribution in [1.29, 1.82) is 0 Å². The van der Waals surface area contributed by atoms with Gasteiger partial charge in [-0.15, -0.1) is 11.3 Å². The minimum absolute atomic E-state index is 0.00295. The molecule has 1 aliphatic carbocycles. The Bertz CT molecular complexity index is 2740. The number of benzene rings is 4. The van der Waals surface area contributed by atoms with Crippen molar-refractivity contribution >= 4 is 34.5 Å². The van der Waals surface area contributed by atoms with Crippen LogP contribution in [0.4, 0.5) is 13.2 Å². The van der Waals surface area contributed by atoms with Gasteiger partial charge in [-0.3, -0.25) is 19.3 Å². The number of thiazole rings is 1. The van der Waals surface area contributed by atoms with Crippen LogP contribution in [0.1, 0.15) is 106 Å². The van der Waals surface area contributed by atoms with Crippen molar-refractivity contribution in [3.63, 3.8) is 0 Å². The van der Waals surface area contributed by atoms with Gasteiger partial charge in [0.25, 0.3) is 0 Å². The van der Waals surface area contributed by atoms with E-state index in [0.717, 1.165) is 55.1 Å². The summed E-state index contributed by atoms with van der Waals surface area (Å²) in [5.41, 5.74) is 8.35. The van der Waals surface area contributed by atoms with E-state index in [4.69, 9.17) is 9.47 Å². The molecule has 2 amide bonds. The molecule has 376 valence electrons. The number of hydrogen-bond donors (Lipinski definition) is 2. The molecule has 1 fully saturated rings. The summed E-state index contributed by atoms with van der Waals surface area (Å²) in [5, 5.41) is 13.5. The van der Waals surface area contributed by atoms with E-state index < -0.39 is 58.8 Å². The number of alkyl halides is 1. The first kappa shape index (κ1) is 51.7. The average Bonchev–Trinajstić information content (AvgIpc) is 4.04. The Morgan fingerprint density at radius 1 is 0.930 bits per heavy atom. The lowest BCUT2D eigenvalue weighted by atomic mass is 9.84. The SMILES string of the molecule is Cc1ncsc1-c1ccc(CCC(=O)[C@@H]2C[C@@H](O)CN2C(=O)[C@@H](NC(=O)COCCc2ccc(COc3cc(F)c([C@@H]4C5=C(C[C@@H](C)N4CC(C)(C)F)c4ccccc4C5)c(F)c3)cc2)C(C)(C)C)cc1. The first-order valence-electron chi connectivity index (χ1n) is 24.6. The second-order valence-corrected chi connectivity index (χ2v) is 21.9. The third-order valence-corrected chi connectivity index (χ3v) is 14.9. The molecular formula is C57H65F3N4O6S. The van der Waals surface area contributed by atoms with Gasteiger partial charge in [-0.05, 0) is 103 Å². The molecule has 1 aromatic heterocycles. The molecule has 5 aromatic rings. The standard InChI is InChI=1S/C57H65F3N4O6S/c1-34-24-44-43-11-9-8-10-40(43)25-45(44)52(64(34)32-57(6,7)60)51-46(58)27-42(28-47(51)59)70-30-38-14-12-37(13-15-38)22-23-69-31-50(67)62-54(56(3,4)5)55(68)63-29-41(65)26-48(63)49(66)21-18-36-16-19-39(20-17-36)53-35(2)61-33-71-53/h8-17,19-20,27-28,33-34,41,48,52,54,65H,18,21-26,29-32H2,1-7H3,(H,62,67)/t34-,41-,48+,52+,54-/m1/s1. The summed E-state index contributed by atoms with van der Waals surface area (Å²) in [5.74, 6) is -2.48. The molecule has 4 aromatic carbocycles. The van der Waals surface area contributed by atoms with Crippen LogP contribution in [0.15, 0.2) is 96.0 Å². The maximum Gasteiger partial charge on any atom is 0.246 e. The Morgan fingerprint density at radius 3 is 2.25 bits per heavy atom. The van der Waals surface area contributed by atoms with Crippen molar-refractivity contribution in [2.24, 2.45) is 5.41 Å². The van der Waals surface area contributed by atoms with Crippen molar-refractivity contribution in [2.45, 2.75) is 130 Å². The monoisotopic (exact) mass is 990 g/mol. The number of nitrogens with one attached hydrogen (secondary N) is 1. The number of ether oxygens (including phenoxy) is 2. The van der Waals surface area contributed by atoms with Gasteiger partial charge in [-0.1, -0.05) is 93.6 Å². The van der Waals surface area contributed by atoms with Gasteiger partial charge in [0.1, 0.15) is 42.3 Å². The normalized spacial score (nSPS) is 19.7. The van der Waals surface area contributed by atoms with Crippen molar-refractivity contribution < 1.29 is 42.1 Å². The fraction of sp³-hybridized carbons (Fsp3) is 0.439. The highest BCUT2D eigenvalue weighted by atomic mass is 32.1. The number of aliphatic hydroxyl groups is 1. The molecule has 1 saturated heterocycles. The van der Waals surface area contributed by atoms with Gasteiger partial charge >= 0.3 is 0 Å². The Balaban J connectivity index is 0.815. The van der Waals surface area contributed by atoms with Gasteiger partial charge in [-0.2, -0.15) is 0 Å². The van der Waals surface area contributed by atoms with Crippen molar-refractivity contribution in [2.75, 3.05) is 26.3 Å². The number of ketones is 1. The molecule has 2 aliphatic heterocycles. The maximum absolute atomic E-state index is 16.2. The fourth-order valence-corrected chi connectivity index (χ4v) is 11.1. The van der Waals surface area contributed by atoms with Crippen molar-refractivity contribution in [1.82, 2.24) is 20.1 Å². The number of aromatic nitrogens is 1. The lowest BCUT2D eigenvalue weighted by Gasteiger charge is -2.44. The number of halogens is 3. The highest BCUT2D eigenvalue weighted by Gasteiger charge is 2.45. The number of carbonyl (C=O) groups excluding carboxylic acids is 3. The maximum atomic E-state index is 16.2. The van der Waals surface area contributed by atoms with Crippen LogP contribution in [0.25, 0.3) is 16.0 Å². The summed E-state index contributed by atoms with van der Waals surface area (Å²) in [6.07, 6.45) is 1.68. The quantitative estimate of drug-likeness (QED) is 0.0833. The van der Waals surface area contributed by atoms with E-state index in [9.17, 15) is 19.5 Å². The first-order valence-corrected chi connectivity index (χ1v) is 25.4. The van der Waals surface area contributed by atoms with Gasteiger partial charge in [0.2, 0.25) is 11.8 Å². The number of aliphatic hydroxyl groups excluding tert-OH is 1. The molecule has 3 aliphatic rings. The number of likely N-dealkylation sites (tertiary alicyclic amines) is 1. The number of nitrogens with zero attached hydrogens (tertiary/aromatic N) is 3. The first-order chi connectivity index (χ1) is 33.7. The van der Waals surface area contributed by atoms with E-state index in [1.165, 1.54) is 30.9 Å². The lowest BCUT2D eigenvalue weighted by molar-refractivity contribution is -0.144. The van der Waals surface area contributed by atoms with Crippen LogP contribution in [-0.4, -0.2) is 93.7 Å². The molecule has 3 heterocycles. The molecule has 2 N–H and O–H groups in total. The number of fused-ring (bicyclic) bond motifs is 2. The highest BCUT2D eigenvalue weighted by Crippen LogP contribution is 2.50. The molecule has 0 saturated carbocycles. The molecule has 0 unspecified atom stereocenters. The molecule has 5 atom stereocenters. The van der Waals surface area contributed by atoms with Gasteiger partial charge in [0, 0.05) is 49.7 Å². The van der Waals surface area contributed by atoms with E-state index in [0.29, 0.717) is 25.7 Å². The number of Topliss-reactive ketones (excluding diaryl/α,β-unsaturated/α-hetero) is 1. The van der Waals surface area contributed by atoms with Crippen molar-refractivity contribution in [3.05, 3.63) is 147 Å². The van der Waals surface area contributed by atoms with Gasteiger partial charge in [0.05, 0.1) is 40.9 Å². The zero-order chi connectivity index (χ0) is 50.8. The minimum atomic E-state index is -1.58. The topological polar surface area (TPSA) is 121 Å². The van der Waals surface area contributed by atoms with Crippen molar-refractivity contribution in [3.8, 4) is 16.2 Å². The molecule has 14 heteroatoms. The Labute approximate surface area is 419 Å². The van der Waals surface area contributed by atoms with Crippen LogP contribution >= 0.6 is 11.3 Å². The number of rotatable bonds is 18. The molecule has 0 bridgehead atoms. The van der Waals surface area contributed by atoms with E-state index in [1.807, 2.05) is 112 Å². The predicted molar refractivity (Wildman–Crippen MR) is 271 cm³/mol. The molecule has 8 rings (SSSR count). The summed E-state index contributed by atoms with van der Waals surface area (Å²) in [6, 6.07) is 23.3. The zero-order valence-corrected chi connectivity index (χ0v) is 42.5. The van der Waals surface area contributed by atoms with Crippen LogP contribution < -0.4 is 10.1 Å². The third-order valence-electron chi connectivity index (χ3n) is 13.9. The Kier molecular flexibility index (Phi) is 15.7. The van der Waals surface area contributed by atoms with Gasteiger partial charge in [0.15, 0.2) is 5.78 Å². The number of amides is 2. The number of β-amino-alcohol motifs (C(OH)–C–C–N with tert-alkyl or cyclic N) is 1. The zero-order valence-electron chi connectivity index (χ0n) is 41.7. The van der Waals surface area contributed by atoms with Crippen LogP contribution in [0.3, 0.4) is 0 Å². The lowest BCUT2D eigenvalue weighted by Crippen LogP contribution is -2.57. The molecule has 0 spiro atoms. The Hall–Kier alpha value is -5.67.